The largest absolute Gasteiger partial charge is 0.494 e. The number of hydrogen-bond donors (Lipinski definition) is 0. The number of anilines is 1. The van der Waals surface area contributed by atoms with Gasteiger partial charge in [0.1, 0.15) is 11.3 Å². The van der Waals surface area contributed by atoms with Crippen molar-refractivity contribution >= 4 is 38.5 Å². The van der Waals surface area contributed by atoms with Crippen molar-refractivity contribution in [3.8, 4) is 5.75 Å². The molecule has 1 atom stereocenters. The van der Waals surface area contributed by atoms with E-state index in [0.29, 0.717) is 28.8 Å². The van der Waals surface area contributed by atoms with E-state index in [-0.39, 0.29) is 22.5 Å². The molecule has 178 valence electrons. The van der Waals surface area contributed by atoms with Crippen LogP contribution in [0.25, 0.3) is 11.0 Å². The Kier molecular flexibility index (Phi) is 5.80. The molecule has 1 aliphatic heterocycles. The van der Waals surface area contributed by atoms with Crippen LogP contribution in [0.3, 0.4) is 0 Å². The van der Waals surface area contributed by atoms with Gasteiger partial charge in [-0.15, -0.1) is 0 Å². The van der Waals surface area contributed by atoms with Gasteiger partial charge in [-0.3, -0.25) is 14.5 Å². The Morgan fingerprint density at radius 1 is 0.971 bits per heavy atom. The smallest absolute Gasteiger partial charge is 0.295 e. The highest BCUT2D eigenvalue weighted by atomic mass is 79.9. The minimum Gasteiger partial charge on any atom is -0.494 e. The lowest BCUT2D eigenvalue weighted by Gasteiger charge is -2.26. The van der Waals surface area contributed by atoms with E-state index in [0.717, 1.165) is 15.8 Å². The van der Waals surface area contributed by atoms with Crippen LogP contribution in [0.15, 0.2) is 80.4 Å². The third-order valence-corrected chi connectivity index (χ3v) is 6.84. The summed E-state index contributed by atoms with van der Waals surface area (Å²) < 4.78 is 12.4. The minimum absolute atomic E-state index is 0.0156. The fourth-order valence-corrected chi connectivity index (χ4v) is 4.92. The second-order valence-corrected chi connectivity index (χ2v) is 10.6. The lowest BCUT2D eigenvalue weighted by molar-refractivity contribution is 0.0971. The van der Waals surface area contributed by atoms with Crippen LogP contribution < -0.4 is 15.1 Å². The zero-order valence-electron chi connectivity index (χ0n) is 20.1. The van der Waals surface area contributed by atoms with Gasteiger partial charge in [0.05, 0.1) is 23.6 Å². The normalized spacial score (nSPS) is 15.5. The fourth-order valence-electron chi connectivity index (χ4n) is 4.56. The van der Waals surface area contributed by atoms with Crippen molar-refractivity contribution in [1.82, 2.24) is 0 Å². The summed E-state index contributed by atoms with van der Waals surface area (Å²) in [6.45, 7) is 8.94. The van der Waals surface area contributed by atoms with Gasteiger partial charge in [0, 0.05) is 10.2 Å². The van der Waals surface area contributed by atoms with Crippen LogP contribution in [-0.2, 0) is 5.41 Å². The third-order valence-electron chi connectivity index (χ3n) is 6.35. The van der Waals surface area contributed by atoms with E-state index in [2.05, 4.69) is 48.8 Å². The van der Waals surface area contributed by atoms with E-state index >= 15 is 0 Å². The summed E-state index contributed by atoms with van der Waals surface area (Å²) in [6.07, 6.45) is 0. The van der Waals surface area contributed by atoms with Crippen LogP contribution in [0.5, 0.6) is 5.75 Å². The predicted molar refractivity (Wildman–Crippen MR) is 142 cm³/mol. The number of amides is 1. The molecule has 4 aromatic rings. The van der Waals surface area contributed by atoms with Gasteiger partial charge in [-0.05, 0) is 65.9 Å². The van der Waals surface area contributed by atoms with Crippen molar-refractivity contribution in [2.75, 3.05) is 11.5 Å². The second kappa shape index (κ2) is 8.68. The summed E-state index contributed by atoms with van der Waals surface area (Å²) in [5, 5.41) is 0.441. The first-order valence-electron chi connectivity index (χ1n) is 11.6. The summed E-state index contributed by atoms with van der Waals surface area (Å²) in [5.41, 5.74) is 3.22. The first-order chi connectivity index (χ1) is 16.7. The molecule has 0 saturated carbocycles. The fraction of sp³-hybridized carbons (Fsp3) is 0.241. The highest BCUT2D eigenvalue weighted by Gasteiger charge is 2.43. The molecule has 3 aromatic carbocycles. The minimum atomic E-state index is -0.607. The Hall–Kier alpha value is -3.38. The molecule has 5 nitrogen and oxygen atoms in total. The summed E-state index contributed by atoms with van der Waals surface area (Å²) in [7, 11) is 0. The zero-order chi connectivity index (χ0) is 24.9. The van der Waals surface area contributed by atoms with Crippen LogP contribution in [0.2, 0.25) is 0 Å². The van der Waals surface area contributed by atoms with Crippen molar-refractivity contribution in [2.24, 2.45) is 0 Å². The molecule has 0 N–H and O–H groups in total. The SMILES string of the molecule is CCOc1ccc(N2C(=O)c3oc4ccc(Br)cc4c(=O)c3C2c2ccc(C(C)(C)C)cc2)cc1. The maximum absolute atomic E-state index is 13.8. The molecule has 0 bridgehead atoms. The lowest BCUT2D eigenvalue weighted by Crippen LogP contribution is -2.29. The number of fused-ring (bicyclic) bond motifs is 2. The molecule has 0 radical (unpaired) electrons. The van der Waals surface area contributed by atoms with Crippen LogP contribution in [0.4, 0.5) is 5.69 Å². The van der Waals surface area contributed by atoms with E-state index in [1.807, 2.05) is 43.3 Å². The van der Waals surface area contributed by atoms with Gasteiger partial charge < -0.3 is 9.15 Å². The number of carbonyl (C=O) groups is 1. The molecule has 2 heterocycles. The zero-order valence-corrected chi connectivity index (χ0v) is 21.7. The van der Waals surface area contributed by atoms with Crippen molar-refractivity contribution in [3.63, 3.8) is 0 Å². The van der Waals surface area contributed by atoms with E-state index in [1.165, 1.54) is 5.56 Å². The quantitative estimate of drug-likeness (QED) is 0.284. The number of ether oxygens (including phenoxy) is 1. The van der Waals surface area contributed by atoms with E-state index in [1.54, 1.807) is 23.1 Å². The maximum atomic E-state index is 13.8. The molecule has 1 aliphatic rings. The van der Waals surface area contributed by atoms with Gasteiger partial charge >= 0.3 is 0 Å². The van der Waals surface area contributed by atoms with Crippen molar-refractivity contribution < 1.29 is 13.9 Å². The maximum Gasteiger partial charge on any atom is 0.295 e. The Morgan fingerprint density at radius 3 is 2.29 bits per heavy atom. The van der Waals surface area contributed by atoms with E-state index < -0.39 is 6.04 Å². The monoisotopic (exact) mass is 531 g/mol. The van der Waals surface area contributed by atoms with Gasteiger partial charge in [0.25, 0.3) is 5.91 Å². The number of halogens is 1. The summed E-state index contributed by atoms with van der Waals surface area (Å²) in [6, 6.07) is 20.1. The molecular formula is C29H26BrNO4. The summed E-state index contributed by atoms with van der Waals surface area (Å²) in [5.74, 6) is 0.468. The number of hydrogen-bond acceptors (Lipinski definition) is 4. The van der Waals surface area contributed by atoms with Crippen LogP contribution in [0.1, 0.15) is 61.0 Å². The predicted octanol–water partition coefficient (Wildman–Crippen LogP) is 7.00. The molecule has 1 unspecified atom stereocenters. The number of carbonyl (C=O) groups excluding carboxylic acids is 1. The molecule has 0 saturated heterocycles. The molecule has 6 heteroatoms. The van der Waals surface area contributed by atoms with Gasteiger partial charge in [0.15, 0.2) is 5.43 Å². The van der Waals surface area contributed by atoms with Gasteiger partial charge in [-0.1, -0.05) is 61.0 Å². The van der Waals surface area contributed by atoms with E-state index in [9.17, 15) is 9.59 Å². The van der Waals surface area contributed by atoms with Gasteiger partial charge in [0.2, 0.25) is 5.76 Å². The number of rotatable bonds is 4. The van der Waals surface area contributed by atoms with Crippen molar-refractivity contribution in [2.45, 2.75) is 39.2 Å². The average Bonchev–Trinajstić information content (AvgIpc) is 3.12. The lowest BCUT2D eigenvalue weighted by atomic mass is 9.86. The molecule has 0 spiro atoms. The van der Waals surface area contributed by atoms with Crippen molar-refractivity contribution in [1.29, 1.82) is 0 Å². The highest BCUT2D eigenvalue weighted by molar-refractivity contribution is 9.10. The molecule has 1 amide bonds. The topological polar surface area (TPSA) is 59.8 Å². The van der Waals surface area contributed by atoms with Crippen LogP contribution >= 0.6 is 15.9 Å². The molecule has 5 rings (SSSR count). The van der Waals surface area contributed by atoms with Crippen LogP contribution in [0, 0.1) is 0 Å². The Bertz CT molecular complexity index is 1480. The third kappa shape index (κ3) is 4.06. The van der Waals surface area contributed by atoms with Gasteiger partial charge in [-0.2, -0.15) is 0 Å². The molecule has 1 aromatic heterocycles. The first-order valence-corrected chi connectivity index (χ1v) is 12.4. The number of nitrogens with zero attached hydrogens (tertiary/aromatic N) is 1. The van der Waals surface area contributed by atoms with Gasteiger partial charge in [-0.25, -0.2) is 0 Å². The average molecular weight is 532 g/mol. The standard InChI is InChI=1S/C29H26BrNO4/c1-5-34-21-13-11-20(12-14-21)31-25(17-6-8-18(9-7-17)29(2,3)4)24-26(32)22-16-19(30)10-15-23(22)35-27(24)28(31)33/h6-16,25H,5H2,1-4H3. The van der Waals surface area contributed by atoms with E-state index in [4.69, 9.17) is 9.15 Å². The van der Waals surface area contributed by atoms with Crippen molar-refractivity contribution in [3.05, 3.63) is 104 Å². The molecule has 35 heavy (non-hydrogen) atoms. The summed E-state index contributed by atoms with van der Waals surface area (Å²) >= 11 is 3.44. The molecule has 0 fully saturated rings. The van der Waals surface area contributed by atoms with Crippen LogP contribution in [-0.4, -0.2) is 12.5 Å². The first kappa shape index (κ1) is 23.4. The Morgan fingerprint density at radius 2 is 1.66 bits per heavy atom. The summed E-state index contributed by atoms with van der Waals surface area (Å²) in [4.78, 5) is 29.1. The molecule has 0 aliphatic carbocycles. The Balaban J connectivity index is 1.72. The second-order valence-electron chi connectivity index (χ2n) is 9.69. The Labute approximate surface area is 212 Å². The molecular weight excluding hydrogens is 506 g/mol. The highest BCUT2D eigenvalue weighted by Crippen LogP contribution is 2.42. The number of benzene rings is 3.